The zero-order valence-corrected chi connectivity index (χ0v) is 25.6. The summed E-state index contributed by atoms with van der Waals surface area (Å²) in [5.74, 6) is -3.61. The van der Waals surface area contributed by atoms with Crippen LogP contribution < -0.4 is 15.1 Å². The molecule has 1 fully saturated rings. The van der Waals surface area contributed by atoms with E-state index in [2.05, 4.69) is 21.2 Å². The van der Waals surface area contributed by atoms with E-state index in [0.29, 0.717) is 30.6 Å². The van der Waals surface area contributed by atoms with Gasteiger partial charge in [0.2, 0.25) is 17.7 Å². The number of thioether (sulfide) groups is 1. The van der Waals surface area contributed by atoms with Crippen LogP contribution in [0.4, 0.5) is 24.5 Å². The Labute approximate surface area is 263 Å². The highest BCUT2D eigenvalue weighted by atomic mass is 79.9. The van der Waals surface area contributed by atoms with Crippen LogP contribution in [0.2, 0.25) is 5.02 Å². The summed E-state index contributed by atoms with van der Waals surface area (Å²) in [6, 6.07) is 17.6. The number of carbonyl (C=O) groups excluding carboxylic acids is 3. The van der Waals surface area contributed by atoms with Crippen LogP contribution >= 0.6 is 50.6 Å². The number of carbonyl (C=O) groups is 3. The molecule has 0 saturated carbocycles. The Morgan fingerprint density at radius 3 is 2.40 bits per heavy atom. The predicted molar refractivity (Wildman–Crippen MR) is 162 cm³/mol. The molecule has 3 atom stereocenters. The lowest BCUT2D eigenvalue weighted by Gasteiger charge is -2.30. The Bertz CT molecular complexity index is 1840. The number of hydrogen-bond acceptors (Lipinski definition) is 6. The molecule has 2 aliphatic rings. The highest BCUT2D eigenvalue weighted by Crippen LogP contribution is 2.54. The zero-order valence-electron chi connectivity index (χ0n) is 21.6. The molecule has 3 aromatic carbocycles. The zero-order chi connectivity index (χ0) is 30.6. The average molecular weight is 709 g/mol. The summed E-state index contributed by atoms with van der Waals surface area (Å²) in [4.78, 5) is 54.8. The third-order valence-electron chi connectivity index (χ3n) is 7.12. The van der Waals surface area contributed by atoms with Gasteiger partial charge >= 0.3 is 11.0 Å². The maximum atomic E-state index is 13.9. The molecule has 220 valence electrons. The van der Waals surface area contributed by atoms with E-state index in [-0.39, 0.29) is 12.2 Å². The largest absolute Gasteiger partial charge is 0.416 e. The highest BCUT2D eigenvalue weighted by Gasteiger charge is 2.57. The van der Waals surface area contributed by atoms with E-state index in [1.54, 1.807) is 48.5 Å². The lowest BCUT2D eigenvalue weighted by molar-refractivity contribution is -0.137. The number of halogens is 5. The van der Waals surface area contributed by atoms with Gasteiger partial charge in [-0.3, -0.25) is 23.7 Å². The maximum absolute atomic E-state index is 13.9. The molecule has 0 aliphatic carbocycles. The third kappa shape index (κ3) is 5.54. The number of benzene rings is 3. The summed E-state index contributed by atoms with van der Waals surface area (Å²) in [6.07, 6.45) is -4.67. The van der Waals surface area contributed by atoms with Crippen molar-refractivity contribution in [3.63, 3.8) is 0 Å². The molecule has 14 heteroatoms. The molecule has 1 saturated heterocycles. The summed E-state index contributed by atoms with van der Waals surface area (Å²) in [6.45, 7) is -0.359. The number of nitrogens with one attached hydrogen (secondary N) is 1. The first kappa shape index (κ1) is 29.7. The monoisotopic (exact) mass is 707 g/mol. The van der Waals surface area contributed by atoms with Crippen molar-refractivity contribution >= 4 is 79.7 Å². The summed E-state index contributed by atoms with van der Waals surface area (Å²) < 4.78 is 42.4. The number of amides is 3. The molecule has 0 radical (unpaired) electrons. The lowest BCUT2D eigenvalue weighted by Crippen LogP contribution is -2.33. The highest BCUT2D eigenvalue weighted by molar-refractivity contribution is 9.10. The number of nitrogens with zero attached hydrogens (tertiary/aromatic N) is 2. The first-order valence-electron chi connectivity index (χ1n) is 12.7. The van der Waals surface area contributed by atoms with Crippen LogP contribution in [0.3, 0.4) is 0 Å². The lowest BCUT2D eigenvalue weighted by atomic mass is 9.83. The van der Waals surface area contributed by atoms with Gasteiger partial charge < -0.3 is 5.32 Å². The van der Waals surface area contributed by atoms with Crippen molar-refractivity contribution < 1.29 is 27.6 Å². The quantitative estimate of drug-likeness (QED) is 0.231. The number of hydrogen-bond donors (Lipinski definition) is 1. The Morgan fingerprint density at radius 2 is 1.70 bits per heavy atom. The van der Waals surface area contributed by atoms with Crippen molar-refractivity contribution in [3.8, 4) is 0 Å². The minimum atomic E-state index is -4.67. The summed E-state index contributed by atoms with van der Waals surface area (Å²) >= 11 is 11.2. The summed E-state index contributed by atoms with van der Waals surface area (Å²) in [5.41, 5.74) is -0.0660. The van der Waals surface area contributed by atoms with E-state index in [4.69, 9.17) is 11.6 Å². The molecule has 43 heavy (non-hydrogen) atoms. The van der Waals surface area contributed by atoms with Crippen LogP contribution in [0.25, 0.3) is 0 Å². The Balaban J connectivity index is 1.41. The minimum absolute atomic E-state index is 0.184. The van der Waals surface area contributed by atoms with E-state index in [1.807, 2.05) is 0 Å². The molecular formula is C29H18BrClF3N3O4S2. The van der Waals surface area contributed by atoms with Crippen molar-refractivity contribution in [2.75, 3.05) is 10.2 Å². The summed E-state index contributed by atoms with van der Waals surface area (Å²) in [7, 11) is 0. The normalized spacial score (nSPS) is 19.7. The molecule has 2 aliphatic heterocycles. The van der Waals surface area contributed by atoms with E-state index in [9.17, 15) is 32.3 Å². The molecule has 1 N–H and O–H groups in total. The number of aromatic nitrogens is 1. The molecule has 7 nitrogen and oxygen atoms in total. The third-order valence-corrected chi connectivity index (χ3v) is 10.5. The van der Waals surface area contributed by atoms with Crippen molar-refractivity contribution in [2.45, 2.75) is 28.9 Å². The van der Waals surface area contributed by atoms with Crippen LogP contribution in [0, 0.1) is 5.92 Å². The van der Waals surface area contributed by atoms with Crippen LogP contribution in [-0.4, -0.2) is 27.5 Å². The fourth-order valence-corrected chi connectivity index (χ4v) is 8.58. The second kappa shape index (κ2) is 11.3. The number of alkyl halides is 3. The maximum Gasteiger partial charge on any atom is 0.416 e. The molecular weight excluding hydrogens is 691 g/mol. The molecule has 0 spiro atoms. The summed E-state index contributed by atoms with van der Waals surface area (Å²) in [5, 5.41) is 2.51. The van der Waals surface area contributed by atoms with Crippen molar-refractivity contribution in [1.82, 2.24) is 4.57 Å². The van der Waals surface area contributed by atoms with Crippen LogP contribution in [0.15, 0.2) is 87.1 Å². The first-order valence-corrected chi connectivity index (χ1v) is 15.5. The number of rotatable bonds is 5. The van der Waals surface area contributed by atoms with E-state index in [1.165, 1.54) is 10.6 Å². The molecule has 3 heterocycles. The van der Waals surface area contributed by atoms with Gasteiger partial charge in [0.1, 0.15) is 11.8 Å². The topological polar surface area (TPSA) is 88.5 Å². The van der Waals surface area contributed by atoms with Gasteiger partial charge in [-0.2, -0.15) is 13.2 Å². The van der Waals surface area contributed by atoms with Crippen LogP contribution in [-0.2, 0) is 27.1 Å². The van der Waals surface area contributed by atoms with Crippen molar-refractivity contribution in [2.24, 2.45) is 5.92 Å². The van der Waals surface area contributed by atoms with Crippen LogP contribution in [0.1, 0.15) is 21.9 Å². The van der Waals surface area contributed by atoms with Gasteiger partial charge in [-0.25, -0.2) is 4.90 Å². The molecule has 6 rings (SSSR count). The van der Waals surface area contributed by atoms with Gasteiger partial charge in [-0.1, -0.05) is 68.8 Å². The molecule has 0 bridgehead atoms. The Hall–Kier alpha value is -3.39. The van der Waals surface area contributed by atoms with Crippen molar-refractivity contribution in [3.05, 3.63) is 108 Å². The van der Waals surface area contributed by atoms with E-state index < -0.39 is 51.4 Å². The average Bonchev–Trinajstić information content (AvgIpc) is 3.40. The van der Waals surface area contributed by atoms with Crippen molar-refractivity contribution in [1.29, 1.82) is 0 Å². The second-order valence-electron chi connectivity index (χ2n) is 9.84. The van der Waals surface area contributed by atoms with Gasteiger partial charge in [0.15, 0.2) is 0 Å². The van der Waals surface area contributed by atoms with Gasteiger partial charge in [0.25, 0.3) is 0 Å². The molecule has 4 aromatic rings. The van der Waals surface area contributed by atoms with Gasteiger partial charge in [-0.15, -0.1) is 0 Å². The van der Waals surface area contributed by atoms with Gasteiger partial charge in [0, 0.05) is 26.0 Å². The number of fused-ring (bicyclic) bond motifs is 2. The van der Waals surface area contributed by atoms with Crippen LogP contribution in [0.5, 0.6) is 0 Å². The predicted octanol–water partition coefficient (Wildman–Crippen LogP) is 6.78. The Kier molecular flexibility index (Phi) is 7.78. The fraction of sp³-hybridized carbons (Fsp3) is 0.172. The van der Waals surface area contributed by atoms with Gasteiger partial charge in [0.05, 0.1) is 22.2 Å². The number of anilines is 2. The first-order chi connectivity index (χ1) is 20.4. The second-order valence-corrected chi connectivity index (χ2v) is 13.3. The Morgan fingerprint density at radius 1 is 0.977 bits per heavy atom. The standard InChI is InChI=1S/C29H18BrClF3N3O4S2/c30-16-5-1-3-14(11-16)21-22-23(26(40)37(25(22)39)19-6-2-4-15(12-19)29(32,33)34)42-27-24(21)43-28(41)36(27)13-20(38)35-18-9-7-17(31)8-10-18/h1-12,21-23H,13H2,(H,35,38). The van der Waals surface area contributed by atoms with E-state index in [0.717, 1.165) is 46.2 Å². The molecule has 3 amide bonds. The van der Waals surface area contributed by atoms with E-state index >= 15 is 0 Å². The van der Waals surface area contributed by atoms with Gasteiger partial charge in [-0.05, 0) is 60.2 Å². The molecule has 3 unspecified atom stereocenters. The molecule has 1 aromatic heterocycles. The fourth-order valence-electron chi connectivity index (χ4n) is 5.27. The minimum Gasteiger partial charge on any atom is -0.325 e. The smallest absolute Gasteiger partial charge is 0.325 e. The number of thiazole rings is 1. The SMILES string of the molecule is O=C(Cn1c2c(sc1=O)C(c1cccc(Br)c1)C1C(=O)N(c3cccc(C(F)(F)F)c3)C(=O)C1S2)Nc1ccc(Cl)cc1. The number of imide groups is 1.